The maximum absolute atomic E-state index is 5.54. The van der Waals surface area contributed by atoms with Gasteiger partial charge in [-0.15, -0.1) is 0 Å². The lowest BCUT2D eigenvalue weighted by molar-refractivity contribution is 0.319. The number of hydrogen-bond donors (Lipinski definition) is 0. The largest absolute Gasteiger partial charge is 0.494 e. The standard InChI is InChI=1S/C11H16OS/c1-2-13-10-6-9-12-11-7-4-3-5-8-11/h3-5,7-8H,2,6,9-10H2,1H3. The minimum atomic E-state index is 0.830. The second-order valence-corrected chi connectivity index (χ2v) is 4.11. The molecular formula is C11H16OS. The second-order valence-electron chi connectivity index (χ2n) is 2.71. The molecule has 0 aliphatic carbocycles. The molecule has 0 saturated heterocycles. The molecule has 0 aromatic heterocycles. The second kappa shape index (κ2) is 6.84. The third-order valence-corrected chi connectivity index (χ3v) is 2.63. The molecule has 1 nitrogen and oxygen atoms in total. The Morgan fingerprint density at radius 2 is 2.00 bits per heavy atom. The summed E-state index contributed by atoms with van der Waals surface area (Å²) in [4.78, 5) is 0. The van der Waals surface area contributed by atoms with Crippen molar-refractivity contribution in [2.45, 2.75) is 13.3 Å². The fourth-order valence-electron chi connectivity index (χ4n) is 1.01. The zero-order valence-electron chi connectivity index (χ0n) is 8.03. The highest BCUT2D eigenvalue weighted by molar-refractivity contribution is 7.99. The maximum Gasteiger partial charge on any atom is 0.119 e. The molecule has 0 amide bonds. The summed E-state index contributed by atoms with van der Waals surface area (Å²) in [6.45, 7) is 3.01. The zero-order valence-corrected chi connectivity index (χ0v) is 8.85. The Hall–Kier alpha value is -0.630. The monoisotopic (exact) mass is 196 g/mol. The van der Waals surface area contributed by atoms with Crippen LogP contribution in [0.2, 0.25) is 0 Å². The van der Waals surface area contributed by atoms with Crippen molar-refractivity contribution in [2.75, 3.05) is 18.1 Å². The molecule has 72 valence electrons. The van der Waals surface area contributed by atoms with Gasteiger partial charge in [0, 0.05) is 0 Å². The molecule has 1 rings (SSSR count). The normalized spacial score (nSPS) is 9.92. The first-order valence-corrected chi connectivity index (χ1v) is 5.84. The average molecular weight is 196 g/mol. The van der Waals surface area contributed by atoms with Gasteiger partial charge in [-0.2, -0.15) is 11.8 Å². The first-order chi connectivity index (χ1) is 6.43. The van der Waals surface area contributed by atoms with E-state index in [9.17, 15) is 0 Å². The first kappa shape index (κ1) is 10.5. The Kier molecular flexibility index (Phi) is 5.50. The highest BCUT2D eigenvalue weighted by Crippen LogP contribution is 2.09. The Bertz CT molecular complexity index is 211. The summed E-state index contributed by atoms with van der Waals surface area (Å²) in [7, 11) is 0. The van der Waals surface area contributed by atoms with Crippen LogP contribution in [0.5, 0.6) is 5.75 Å². The van der Waals surface area contributed by atoms with Crippen molar-refractivity contribution < 1.29 is 4.74 Å². The summed E-state index contributed by atoms with van der Waals surface area (Å²) in [5, 5.41) is 0. The summed E-state index contributed by atoms with van der Waals surface area (Å²) in [6.07, 6.45) is 1.13. The van der Waals surface area contributed by atoms with E-state index in [1.807, 2.05) is 42.1 Å². The molecule has 0 aliphatic rings. The van der Waals surface area contributed by atoms with Crippen LogP contribution in [0.1, 0.15) is 13.3 Å². The van der Waals surface area contributed by atoms with E-state index >= 15 is 0 Å². The molecule has 0 saturated carbocycles. The van der Waals surface area contributed by atoms with Crippen molar-refractivity contribution in [1.82, 2.24) is 0 Å². The van der Waals surface area contributed by atoms with Crippen LogP contribution < -0.4 is 4.74 Å². The summed E-state index contributed by atoms with van der Waals surface area (Å²) in [5.74, 6) is 3.37. The third-order valence-electron chi connectivity index (χ3n) is 1.65. The van der Waals surface area contributed by atoms with Gasteiger partial charge in [-0.1, -0.05) is 25.1 Å². The van der Waals surface area contributed by atoms with Gasteiger partial charge in [-0.3, -0.25) is 0 Å². The SMILES string of the molecule is CCSCCCOc1ccccc1. The van der Waals surface area contributed by atoms with Crippen LogP contribution in [0.15, 0.2) is 30.3 Å². The number of hydrogen-bond acceptors (Lipinski definition) is 2. The predicted molar refractivity (Wildman–Crippen MR) is 59.6 cm³/mol. The fourth-order valence-corrected chi connectivity index (χ4v) is 1.62. The molecule has 0 bridgehead atoms. The van der Waals surface area contributed by atoms with Gasteiger partial charge in [0.1, 0.15) is 5.75 Å². The molecule has 0 radical (unpaired) electrons. The van der Waals surface area contributed by atoms with E-state index in [0.717, 1.165) is 18.8 Å². The fraction of sp³-hybridized carbons (Fsp3) is 0.455. The van der Waals surface area contributed by atoms with Crippen molar-refractivity contribution in [3.8, 4) is 5.75 Å². The van der Waals surface area contributed by atoms with E-state index in [4.69, 9.17) is 4.74 Å². The molecular weight excluding hydrogens is 180 g/mol. The highest BCUT2D eigenvalue weighted by Gasteiger charge is 1.91. The minimum absolute atomic E-state index is 0.830. The quantitative estimate of drug-likeness (QED) is 0.646. The van der Waals surface area contributed by atoms with Gasteiger partial charge in [0.05, 0.1) is 6.61 Å². The van der Waals surface area contributed by atoms with Crippen LogP contribution in [-0.4, -0.2) is 18.1 Å². The summed E-state index contributed by atoms with van der Waals surface area (Å²) in [6, 6.07) is 9.98. The van der Waals surface area contributed by atoms with E-state index in [2.05, 4.69) is 6.92 Å². The molecule has 1 aromatic carbocycles. The maximum atomic E-state index is 5.54. The molecule has 2 heteroatoms. The molecule has 0 fully saturated rings. The summed E-state index contributed by atoms with van der Waals surface area (Å²) < 4.78 is 5.54. The molecule has 0 heterocycles. The number of rotatable bonds is 6. The molecule has 0 N–H and O–H groups in total. The van der Waals surface area contributed by atoms with Crippen LogP contribution in [0.25, 0.3) is 0 Å². The van der Waals surface area contributed by atoms with Gasteiger partial charge in [-0.25, -0.2) is 0 Å². The summed E-state index contributed by atoms with van der Waals surface area (Å²) >= 11 is 1.96. The Labute approximate surface area is 84.5 Å². The Balaban J connectivity index is 2.07. The predicted octanol–water partition coefficient (Wildman–Crippen LogP) is 3.21. The van der Waals surface area contributed by atoms with Gasteiger partial charge in [0.2, 0.25) is 0 Å². The Morgan fingerprint density at radius 3 is 2.69 bits per heavy atom. The van der Waals surface area contributed by atoms with Crippen molar-refractivity contribution >= 4 is 11.8 Å². The molecule has 1 aromatic rings. The first-order valence-electron chi connectivity index (χ1n) is 4.69. The third kappa shape index (κ3) is 4.83. The van der Waals surface area contributed by atoms with Crippen LogP contribution >= 0.6 is 11.8 Å². The van der Waals surface area contributed by atoms with Crippen molar-refractivity contribution in [3.63, 3.8) is 0 Å². The molecule has 0 aliphatic heterocycles. The lowest BCUT2D eigenvalue weighted by Crippen LogP contribution is -1.98. The van der Waals surface area contributed by atoms with Crippen LogP contribution in [0.3, 0.4) is 0 Å². The number of benzene rings is 1. The van der Waals surface area contributed by atoms with E-state index in [1.165, 1.54) is 11.5 Å². The van der Waals surface area contributed by atoms with Crippen molar-refractivity contribution in [2.24, 2.45) is 0 Å². The number of ether oxygens (including phenoxy) is 1. The lowest BCUT2D eigenvalue weighted by Gasteiger charge is -2.04. The molecule has 13 heavy (non-hydrogen) atoms. The van der Waals surface area contributed by atoms with Gasteiger partial charge in [-0.05, 0) is 30.1 Å². The topological polar surface area (TPSA) is 9.23 Å². The van der Waals surface area contributed by atoms with Crippen LogP contribution in [-0.2, 0) is 0 Å². The van der Waals surface area contributed by atoms with Crippen LogP contribution in [0.4, 0.5) is 0 Å². The van der Waals surface area contributed by atoms with E-state index in [0.29, 0.717) is 0 Å². The zero-order chi connectivity index (χ0) is 9.36. The lowest BCUT2D eigenvalue weighted by atomic mass is 10.3. The van der Waals surface area contributed by atoms with Crippen molar-refractivity contribution in [1.29, 1.82) is 0 Å². The number of para-hydroxylation sites is 1. The molecule has 0 atom stereocenters. The van der Waals surface area contributed by atoms with Gasteiger partial charge in [0.15, 0.2) is 0 Å². The average Bonchev–Trinajstić information content (AvgIpc) is 2.19. The minimum Gasteiger partial charge on any atom is -0.494 e. The molecule has 0 spiro atoms. The smallest absolute Gasteiger partial charge is 0.119 e. The highest BCUT2D eigenvalue weighted by atomic mass is 32.2. The number of thioether (sulfide) groups is 1. The summed E-state index contributed by atoms with van der Waals surface area (Å²) in [5.41, 5.74) is 0. The van der Waals surface area contributed by atoms with Crippen LogP contribution in [0, 0.1) is 0 Å². The van der Waals surface area contributed by atoms with Crippen molar-refractivity contribution in [3.05, 3.63) is 30.3 Å². The van der Waals surface area contributed by atoms with Gasteiger partial charge in [0.25, 0.3) is 0 Å². The van der Waals surface area contributed by atoms with Gasteiger partial charge < -0.3 is 4.74 Å². The van der Waals surface area contributed by atoms with E-state index in [-0.39, 0.29) is 0 Å². The van der Waals surface area contributed by atoms with E-state index in [1.54, 1.807) is 0 Å². The molecule has 0 unspecified atom stereocenters. The Morgan fingerprint density at radius 1 is 1.23 bits per heavy atom. The van der Waals surface area contributed by atoms with E-state index < -0.39 is 0 Å². The van der Waals surface area contributed by atoms with Gasteiger partial charge >= 0.3 is 0 Å².